The highest BCUT2D eigenvalue weighted by molar-refractivity contribution is 5.45. The van der Waals surface area contributed by atoms with Gasteiger partial charge in [0.2, 0.25) is 0 Å². The van der Waals surface area contributed by atoms with E-state index in [4.69, 9.17) is 4.74 Å². The predicted molar refractivity (Wildman–Crippen MR) is 87.8 cm³/mol. The molecule has 0 aliphatic carbocycles. The van der Waals surface area contributed by atoms with Gasteiger partial charge in [-0.2, -0.15) is 0 Å². The van der Waals surface area contributed by atoms with Crippen LogP contribution in [0.5, 0.6) is 0 Å². The van der Waals surface area contributed by atoms with Gasteiger partial charge in [0.05, 0.1) is 17.6 Å². The van der Waals surface area contributed by atoms with Crippen molar-refractivity contribution in [3.63, 3.8) is 0 Å². The average molecular weight is 291 g/mol. The average Bonchev–Trinajstić information content (AvgIpc) is 2.54. The standard InChI is InChI=1S/C17H29N3O/c1-4-16(18-5-2)17-7-6-15(12-19-17)20-10-8-14(9-11-20)13-21-3/h6-7,12,14,16,18H,4-5,8-11,13H2,1-3H3. The molecule has 1 N–H and O–H groups in total. The van der Waals surface area contributed by atoms with Crippen molar-refractivity contribution in [1.29, 1.82) is 0 Å². The van der Waals surface area contributed by atoms with Crippen LogP contribution >= 0.6 is 0 Å². The van der Waals surface area contributed by atoms with Crippen LogP contribution < -0.4 is 10.2 Å². The Bertz CT molecular complexity index is 399. The molecular weight excluding hydrogens is 262 g/mol. The molecule has 0 spiro atoms. The Balaban J connectivity index is 1.93. The van der Waals surface area contributed by atoms with E-state index in [1.54, 1.807) is 7.11 Å². The van der Waals surface area contributed by atoms with Gasteiger partial charge in [-0.05, 0) is 43.9 Å². The number of methoxy groups -OCH3 is 1. The van der Waals surface area contributed by atoms with Crippen LogP contribution in [0, 0.1) is 5.92 Å². The number of aromatic nitrogens is 1. The largest absolute Gasteiger partial charge is 0.384 e. The molecule has 1 aliphatic heterocycles. The second-order valence-corrected chi connectivity index (χ2v) is 5.85. The molecule has 0 bridgehead atoms. The summed E-state index contributed by atoms with van der Waals surface area (Å²) in [7, 11) is 1.80. The lowest BCUT2D eigenvalue weighted by Gasteiger charge is -2.33. The summed E-state index contributed by atoms with van der Waals surface area (Å²) in [6.07, 6.45) is 5.53. The Morgan fingerprint density at radius 2 is 2.10 bits per heavy atom. The number of anilines is 1. The van der Waals surface area contributed by atoms with Crippen LogP contribution in [-0.4, -0.2) is 38.3 Å². The molecule has 0 saturated carbocycles. The minimum absolute atomic E-state index is 0.372. The van der Waals surface area contributed by atoms with Crippen LogP contribution in [0.25, 0.3) is 0 Å². The molecule has 4 heteroatoms. The Labute approximate surface area is 128 Å². The first kappa shape index (κ1) is 16.2. The lowest BCUT2D eigenvalue weighted by Crippen LogP contribution is -2.35. The number of piperidine rings is 1. The van der Waals surface area contributed by atoms with E-state index in [1.807, 2.05) is 6.20 Å². The Kier molecular flexibility index (Phi) is 6.46. The molecule has 4 nitrogen and oxygen atoms in total. The third-order valence-corrected chi connectivity index (χ3v) is 4.37. The summed E-state index contributed by atoms with van der Waals surface area (Å²) < 4.78 is 5.26. The molecule has 21 heavy (non-hydrogen) atoms. The molecule has 1 aliphatic rings. The van der Waals surface area contributed by atoms with Crippen LogP contribution in [0.15, 0.2) is 18.3 Å². The number of rotatable bonds is 7. The quantitative estimate of drug-likeness (QED) is 0.838. The first-order valence-electron chi connectivity index (χ1n) is 8.21. The fourth-order valence-electron chi connectivity index (χ4n) is 3.09. The minimum Gasteiger partial charge on any atom is -0.384 e. The Morgan fingerprint density at radius 3 is 2.62 bits per heavy atom. The summed E-state index contributed by atoms with van der Waals surface area (Å²) in [4.78, 5) is 7.11. The Morgan fingerprint density at radius 1 is 1.33 bits per heavy atom. The van der Waals surface area contributed by atoms with Gasteiger partial charge in [0, 0.05) is 32.8 Å². The van der Waals surface area contributed by atoms with Crippen LogP contribution in [0.2, 0.25) is 0 Å². The number of hydrogen-bond acceptors (Lipinski definition) is 4. The van der Waals surface area contributed by atoms with E-state index in [9.17, 15) is 0 Å². The summed E-state index contributed by atoms with van der Waals surface area (Å²) in [6, 6.07) is 4.77. The summed E-state index contributed by atoms with van der Waals surface area (Å²) in [5.74, 6) is 0.719. The zero-order valence-corrected chi connectivity index (χ0v) is 13.6. The van der Waals surface area contributed by atoms with Crippen molar-refractivity contribution in [3.05, 3.63) is 24.0 Å². The summed E-state index contributed by atoms with van der Waals surface area (Å²) >= 11 is 0. The summed E-state index contributed by atoms with van der Waals surface area (Å²) in [5, 5.41) is 3.48. The minimum atomic E-state index is 0.372. The highest BCUT2D eigenvalue weighted by atomic mass is 16.5. The van der Waals surface area contributed by atoms with Gasteiger partial charge >= 0.3 is 0 Å². The normalized spacial score (nSPS) is 18.0. The third kappa shape index (κ3) is 4.42. The first-order valence-corrected chi connectivity index (χ1v) is 8.21. The molecule has 1 saturated heterocycles. The molecule has 0 aromatic carbocycles. The number of pyridine rings is 1. The number of nitrogens with zero attached hydrogens (tertiary/aromatic N) is 2. The maximum atomic E-state index is 5.26. The molecule has 2 heterocycles. The highest BCUT2D eigenvalue weighted by Crippen LogP contribution is 2.24. The van der Waals surface area contributed by atoms with Crippen molar-refractivity contribution >= 4 is 5.69 Å². The number of ether oxygens (including phenoxy) is 1. The lowest BCUT2D eigenvalue weighted by molar-refractivity contribution is 0.139. The van der Waals surface area contributed by atoms with Gasteiger partial charge in [0.1, 0.15) is 0 Å². The maximum Gasteiger partial charge on any atom is 0.0574 e. The van der Waals surface area contributed by atoms with Crippen molar-refractivity contribution in [2.75, 3.05) is 38.3 Å². The topological polar surface area (TPSA) is 37.4 Å². The van der Waals surface area contributed by atoms with Crippen molar-refractivity contribution in [3.8, 4) is 0 Å². The van der Waals surface area contributed by atoms with E-state index in [-0.39, 0.29) is 0 Å². The molecular formula is C17H29N3O. The van der Waals surface area contributed by atoms with E-state index < -0.39 is 0 Å². The first-order chi connectivity index (χ1) is 10.3. The van der Waals surface area contributed by atoms with E-state index >= 15 is 0 Å². The van der Waals surface area contributed by atoms with Gasteiger partial charge in [-0.25, -0.2) is 0 Å². The fraction of sp³-hybridized carbons (Fsp3) is 0.706. The molecule has 1 unspecified atom stereocenters. The predicted octanol–water partition coefficient (Wildman–Crippen LogP) is 3.01. The number of hydrogen-bond donors (Lipinski definition) is 1. The fourth-order valence-corrected chi connectivity index (χ4v) is 3.09. The molecule has 1 aromatic heterocycles. The Hall–Kier alpha value is -1.13. The van der Waals surface area contributed by atoms with E-state index in [0.717, 1.165) is 44.3 Å². The second-order valence-electron chi connectivity index (χ2n) is 5.85. The molecule has 1 fully saturated rings. The molecule has 0 amide bonds. The summed E-state index contributed by atoms with van der Waals surface area (Å²) in [6.45, 7) is 8.43. The van der Waals surface area contributed by atoms with Crippen LogP contribution in [0.1, 0.15) is 44.8 Å². The van der Waals surface area contributed by atoms with Gasteiger partial charge in [-0.15, -0.1) is 0 Å². The van der Waals surface area contributed by atoms with Crippen molar-refractivity contribution in [2.45, 2.75) is 39.2 Å². The van der Waals surface area contributed by atoms with Crippen molar-refractivity contribution < 1.29 is 4.74 Å². The smallest absolute Gasteiger partial charge is 0.0574 e. The molecule has 0 radical (unpaired) electrons. The van der Waals surface area contributed by atoms with E-state index in [1.165, 1.54) is 18.5 Å². The van der Waals surface area contributed by atoms with E-state index in [0.29, 0.717) is 6.04 Å². The van der Waals surface area contributed by atoms with Crippen molar-refractivity contribution in [1.82, 2.24) is 10.3 Å². The monoisotopic (exact) mass is 291 g/mol. The van der Waals surface area contributed by atoms with Gasteiger partial charge < -0.3 is 15.0 Å². The molecule has 1 aromatic rings. The van der Waals surface area contributed by atoms with Crippen LogP contribution in [0.4, 0.5) is 5.69 Å². The van der Waals surface area contributed by atoms with E-state index in [2.05, 4.69) is 41.2 Å². The van der Waals surface area contributed by atoms with Gasteiger partial charge in [0.15, 0.2) is 0 Å². The van der Waals surface area contributed by atoms with Gasteiger partial charge in [0.25, 0.3) is 0 Å². The zero-order chi connectivity index (χ0) is 15.1. The molecule has 2 rings (SSSR count). The molecule has 118 valence electrons. The highest BCUT2D eigenvalue weighted by Gasteiger charge is 2.19. The van der Waals surface area contributed by atoms with Crippen molar-refractivity contribution in [2.24, 2.45) is 5.92 Å². The number of nitrogens with one attached hydrogen (secondary N) is 1. The van der Waals surface area contributed by atoms with Gasteiger partial charge in [-0.3, -0.25) is 4.98 Å². The maximum absolute atomic E-state index is 5.26. The zero-order valence-electron chi connectivity index (χ0n) is 13.6. The van der Waals surface area contributed by atoms with Gasteiger partial charge in [-0.1, -0.05) is 13.8 Å². The SMILES string of the molecule is CCNC(CC)c1ccc(N2CCC(COC)CC2)cn1. The third-order valence-electron chi connectivity index (χ3n) is 4.37. The summed E-state index contributed by atoms with van der Waals surface area (Å²) in [5.41, 5.74) is 2.40. The second kappa shape index (κ2) is 8.35. The lowest BCUT2D eigenvalue weighted by atomic mass is 9.97. The van der Waals surface area contributed by atoms with Crippen LogP contribution in [0.3, 0.4) is 0 Å². The van der Waals surface area contributed by atoms with Crippen LogP contribution in [-0.2, 0) is 4.74 Å². The molecule has 1 atom stereocenters.